The zero-order chi connectivity index (χ0) is 62.6. The molecule has 0 heterocycles. The number of quaternary nitrogens is 1. The van der Waals surface area contributed by atoms with Gasteiger partial charge in [-0.25, -0.2) is 4.57 Å². The van der Waals surface area contributed by atoms with Crippen molar-refractivity contribution in [3.8, 4) is 0 Å². The van der Waals surface area contributed by atoms with Crippen LogP contribution in [0.5, 0.6) is 0 Å². The number of unbranched alkanes of at least 4 members (excludes halogenated alkanes) is 15. The van der Waals surface area contributed by atoms with Crippen LogP contribution in [0.15, 0.2) is 182 Å². The van der Waals surface area contributed by atoms with E-state index in [1.54, 1.807) is 0 Å². The van der Waals surface area contributed by atoms with Gasteiger partial charge in [-0.2, -0.15) is 0 Å². The van der Waals surface area contributed by atoms with Gasteiger partial charge in [-0.15, -0.1) is 0 Å². The first-order valence-electron chi connectivity index (χ1n) is 33.5. The number of ether oxygens (including phenoxy) is 2. The number of likely N-dealkylation sites (N-methyl/N-ethyl adjacent to an activating group) is 1. The van der Waals surface area contributed by atoms with Crippen molar-refractivity contribution in [1.82, 2.24) is 0 Å². The second-order valence-electron chi connectivity index (χ2n) is 22.7. The summed E-state index contributed by atoms with van der Waals surface area (Å²) in [4.78, 5) is 35.8. The molecule has 484 valence electrons. The van der Waals surface area contributed by atoms with Gasteiger partial charge in [0.25, 0.3) is 0 Å². The minimum atomic E-state index is -4.41. The van der Waals surface area contributed by atoms with E-state index in [9.17, 15) is 19.0 Å². The van der Waals surface area contributed by atoms with Crippen molar-refractivity contribution < 1.29 is 42.1 Å². The van der Waals surface area contributed by atoms with Crippen molar-refractivity contribution >= 4 is 19.8 Å². The number of phosphoric ester groups is 1. The van der Waals surface area contributed by atoms with Gasteiger partial charge in [0, 0.05) is 12.8 Å². The molecule has 0 aliphatic heterocycles. The highest BCUT2D eigenvalue weighted by atomic mass is 31.2. The van der Waals surface area contributed by atoms with Gasteiger partial charge >= 0.3 is 19.8 Å². The lowest BCUT2D eigenvalue weighted by atomic mass is 10.0. The number of rotatable bonds is 59. The highest BCUT2D eigenvalue weighted by Gasteiger charge is 2.27. The van der Waals surface area contributed by atoms with Crippen molar-refractivity contribution in [3.05, 3.63) is 182 Å². The SMILES string of the molecule is CC/C=C\C/C=C\C/C=C\C/C=C\C/C=C\C/C=C\C/C=C\C/C=C\C/C=C\CCCCCCCCCCCCCCCC(=O)OC(COC(=O)CCCC/C=C\C/C=C\C/C=C\C/C=C\C/C=C\C/C=C\CC)COP(=O)(O)OCC[N+](C)(C)C. The van der Waals surface area contributed by atoms with E-state index in [-0.39, 0.29) is 26.1 Å². The van der Waals surface area contributed by atoms with E-state index in [4.69, 9.17) is 18.5 Å². The topological polar surface area (TPSA) is 108 Å². The Kier molecular flexibility index (Phi) is 60.9. The van der Waals surface area contributed by atoms with Crippen LogP contribution in [0.3, 0.4) is 0 Å². The maximum Gasteiger partial charge on any atom is 0.472 e. The Bertz CT molecular complexity index is 2100. The molecule has 2 unspecified atom stereocenters. The van der Waals surface area contributed by atoms with Crippen LogP contribution in [0.25, 0.3) is 0 Å². The van der Waals surface area contributed by atoms with E-state index >= 15 is 0 Å². The Morgan fingerprint density at radius 2 is 0.628 bits per heavy atom. The molecule has 0 fully saturated rings. The first-order valence-corrected chi connectivity index (χ1v) is 35.0. The maximum absolute atomic E-state index is 12.9. The number of phosphoric acid groups is 1. The fraction of sp³-hybridized carbons (Fsp3) is 0.579. The molecule has 0 bridgehead atoms. The molecule has 9 nitrogen and oxygen atoms in total. The average molecular weight is 1210 g/mol. The van der Waals surface area contributed by atoms with Gasteiger partial charge in [-0.1, -0.05) is 267 Å². The van der Waals surface area contributed by atoms with E-state index in [2.05, 4.69) is 196 Å². The van der Waals surface area contributed by atoms with Crippen molar-refractivity contribution in [2.24, 2.45) is 0 Å². The first kappa shape index (κ1) is 81.1. The highest BCUT2D eigenvalue weighted by molar-refractivity contribution is 7.47. The van der Waals surface area contributed by atoms with Gasteiger partial charge in [-0.05, 0) is 135 Å². The molecule has 0 rings (SSSR count). The van der Waals surface area contributed by atoms with Crippen molar-refractivity contribution in [2.45, 2.75) is 238 Å². The lowest BCUT2D eigenvalue weighted by Crippen LogP contribution is -2.37. The Morgan fingerprint density at radius 3 is 0.953 bits per heavy atom. The zero-order valence-corrected chi connectivity index (χ0v) is 55.9. The van der Waals surface area contributed by atoms with E-state index < -0.39 is 32.5 Å². The zero-order valence-electron chi connectivity index (χ0n) is 55.0. The summed E-state index contributed by atoms with van der Waals surface area (Å²) in [5, 5.41) is 0. The standard InChI is InChI=1S/C76H122NO8P/c1-6-8-10-12-14-16-18-20-22-24-26-28-29-30-31-32-33-34-35-36-37-38-39-40-41-42-43-44-45-46-47-49-51-53-55-57-59-61-63-65-67-69-76(79)85-74(73-84-86(80,81)83-71-70-77(3,4)5)72-82-75(78)68-66-64-62-60-58-56-54-52-50-48-27-25-23-21-19-17-15-13-11-9-7-2/h8-11,14-17,20-23,26-28,30-31,33-34,36-37,39-40,42-43,48,52,54,58,60,74H,6-7,12-13,18-19,24-25,29,32,35,38,41,44-47,49-51,53,55-57,59,61-73H2,1-5H3/p+1/b10-8-,11-9-,16-14-,17-15-,22-20-,23-21-,28-26-,31-30-,34-33-,37-36-,40-39-,43-42-,48-27-,54-52-,60-58-. The number of hydrogen-bond acceptors (Lipinski definition) is 7. The third-order valence-electron chi connectivity index (χ3n) is 13.4. The normalized spacial score (nSPS) is 14.3. The largest absolute Gasteiger partial charge is 0.472 e. The molecular weight excluding hydrogens is 1090 g/mol. The van der Waals surface area contributed by atoms with Crippen molar-refractivity contribution in [3.63, 3.8) is 0 Å². The lowest BCUT2D eigenvalue weighted by Gasteiger charge is -2.24. The highest BCUT2D eigenvalue weighted by Crippen LogP contribution is 2.43. The first-order chi connectivity index (χ1) is 42.0. The van der Waals surface area contributed by atoms with Crippen LogP contribution in [0.4, 0.5) is 0 Å². The number of carbonyl (C=O) groups excluding carboxylic acids is 2. The molecule has 0 aromatic carbocycles. The van der Waals surface area contributed by atoms with Crippen LogP contribution < -0.4 is 0 Å². The molecule has 2 atom stereocenters. The van der Waals surface area contributed by atoms with E-state index in [1.165, 1.54) is 64.2 Å². The van der Waals surface area contributed by atoms with Crippen molar-refractivity contribution in [1.29, 1.82) is 0 Å². The maximum atomic E-state index is 12.9. The predicted octanol–water partition coefficient (Wildman–Crippen LogP) is 21.9. The Hall–Kier alpha value is -4.89. The lowest BCUT2D eigenvalue weighted by molar-refractivity contribution is -0.870. The molecule has 0 saturated carbocycles. The smallest absolute Gasteiger partial charge is 0.462 e. The van der Waals surface area contributed by atoms with Crippen molar-refractivity contribution in [2.75, 3.05) is 47.5 Å². The molecule has 0 aliphatic rings. The minimum absolute atomic E-state index is 0.0151. The van der Waals surface area contributed by atoms with Crippen LogP contribution in [-0.4, -0.2) is 74.9 Å². The summed E-state index contributed by atoms with van der Waals surface area (Å²) in [6, 6.07) is 0. The fourth-order valence-corrected chi connectivity index (χ4v) is 9.11. The summed E-state index contributed by atoms with van der Waals surface area (Å²) in [6.45, 7) is 4.13. The Morgan fingerprint density at radius 1 is 0.360 bits per heavy atom. The molecule has 0 aliphatic carbocycles. The summed E-state index contributed by atoms with van der Waals surface area (Å²) in [7, 11) is 1.43. The summed E-state index contributed by atoms with van der Waals surface area (Å²) < 4.78 is 34.6. The molecular formula is C76H123NO8P+. The summed E-state index contributed by atoms with van der Waals surface area (Å²) in [5.74, 6) is -0.861. The van der Waals surface area contributed by atoms with Gasteiger partial charge in [-0.3, -0.25) is 18.6 Å². The fourth-order valence-electron chi connectivity index (χ4n) is 8.36. The van der Waals surface area contributed by atoms with Gasteiger partial charge in [0.05, 0.1) is 27.7 Å². The molecule has 0 aromatic rings. The van der Waals surface area contributed by atoms with E-state index in [0.717, 1.165) is 128 Å². The molecule has 0 spiro atoms. The molecule has 86 heavy (non-hydrogen) atoms. The van der Waals surface area contributed by atoms with Crippen LogP contribution in [-0.2, 0) is 32.7 Å². The Labute approximate surface area is 527 Å². The number of esters is 2. The molecule has 0 radical (unpaired) electrons. The second-order valence-corrected chi connectivity index (χ2v) is 24.2. The van der Waals surface area contributed by atoms with E-state index in [1.807, 2.05) is 21.1 Å². The van der Waals surface area contributed by atoms with Gasteiger partial charge in [0.2, 0.25) is 0 Å². The number of allylic oxidation sites excluding steroid dienone is 30. The molecule has 0 amide bonds. The number of carbonyl (C=O) groups is 2. The van der Waals surface area contributed by atoms with Gasteiger partial charge < -0.3 is 18.9 Å². The van der Waals surface area contributed by atoms with Crippen LogP contribution in [0, 0.1) is 0 Å². The van der Waals surface area contributed by atoms with E-state index in [0.29, 0.717) is 23.9 Å². The summed E-state index contributed by atoms with van der Waals surface area (Å²) in [6.07, 6.45) is 99.9. The molecule has 0 saturated heterocycles. The number of nitrogens with zero attached hydrogens (tertiary/aromatic N) is 1. The predicted molar refractivity (Wildman–Crippen MR) is 371 cm³/mol. The number of hydrogen-bond donors (Lipinski definition) is 1. The second kappa shape index (κ2) is 64.6. The third kappa shape index (κ3) is 68.2. The summed E-state index contributed by atoms with van der Waals surface area (Å²) in [5.41, 5.74) is 0. The Balaban J connectivity index is 4.13. The van der Waals surface area contributed by atoms with Crippen LogP contribution in [0.1, 0.15) is 232 Å². The monoisotopic (exact) mass is 1210 g/mol. The van der Waals surface area contributed by atoms with Crippen LogP contribution >= 0.6 is 7.82 Å². The molecule has 0 aromatic heterocycles. The molecule has 1 N–H and O–H groups in total. The minimum Gasteiger partial charge on any atom is -0.462 e. The van der Waals surface area contributed by atoms with Gasteiger partial charge in [0.15, 0.2) is 6.10 Å². The summed E-state index contributed by atoms with van der Waals surface area (Å²) >= 11 is 0. The quantitative estimate of drug-likeness (QED) is 0.0211. The third-order valence-corrected chi connectivity index (χ3v) is 14.4. The van der Waals surface area contributed by atoms with Gasteiger partial charge in [0.1, 0.15) is 19.8 Å². The van der Waals surface area contributed by atoms with Crippen LogP contribution in [0.2, 0.25) is 0 Å². The average Bonchev–Trinajstić information content (AvgIpc) is 3.70. The molecule has 10 heteroatoms.